The van der Waals surface area contributed by atoms with Crippen molar-refractivity contribution in [2.45, 2.75) is 0 Å². The summed E-state index contributed by atoms with van der Waals surface area (Å²) in [6, 6.07) is 6.92. The monoisotopic (exact) mass is 170 g/mol. The third-order valence-corrected chi connectivity index (χ3v) is 1.32. The van der Waals surface area contributed by atoms with Gasteiger partial charge in [0.1, 0.15) is 12.0 Å². The van der Waals surface area contributed by atoms with Crippen molar-refractivity contribution in [3.63, 3.8) is 0 Å². The average molecular weight is 171 g/mol. The number of rotatable bonds is 3. The minimum Gasteiger partial charge on any atom is -0.478 e. The van der Waals surface area contributed by atoms with Crippen LogP contribution in [0.4, 0.5) is 0 Å². The van der Waals surface area contributed by atoms with Crippen molar-refractivity contribution in [2.24, 2.45) is 0 Å². The number of aldehydes is 1. The number of carbonyl (C=O) groups is 1. The molecule has 1 aromatic carbocycles. The molecule has 0 N–H and O–H groups in total. The molecule has 58 valence electrons. The van der Waals surface area contributed by atoms with Gasteiger partial charge >= 0.3 is 0 Å². The first-order valence-corrected chi connectivity index (χ1v) is 3.64. The van der Waals surface area contributed by atoms with Crippen LogP contribution in [-0.4, -0.2) is 12.4 Å². The van der Waals surface area contributed by atoms with Gasteiger partial charge in [-0.1, -0.05) is 23.7 Å². The van der Waals surface area contributed by atoms with Gasteiger partial charge in [-0.2, -0.15) is 0 Å². The highest BCUT2D eigenvalue weighted by molar-refractivity contribution is 6.17. The van der Waals surface area contributed by atoms with E-state index in [-0.39, 0.29) is 6.07 Å². The Morgan fingerprint density at radius 3 is 3.00 bits per heavy atom. The SMILES string of the molecule is O=Cc1cccc(OCCl)c1. The molecule has 3 heteroatoms. The van der Waals surface area contributed by atoms with Crippen molar-refractivity contribution >= 4 is 17.9 Å². The lowest BCUT2D eigenvalue weighted by Gasteiger charge is -2.00. The molecule has 2 nitrogen and oxygen atoms in total. The molecule has 0 aliphatic rings. The molecule has 0 spiro atoms. The molecule has 1 aromatic rings. The van der Waals surface area contributed by atoms with E-state index in [2.05, 4.69) is 0 Å². The summed E-state index contributed by atoms with van der Waals surface area (Å²) < 4.78 is 4.95. The van der Waals surface area contributed by atoms with E-state index in [1.165, 1.54) is 0 Å². The van der Waals surface area contributed by atoms with Crippen LogP contribution < -0.4 is 4.74 Å². The van der Waals surface area contributed by atoms with Crippen LogP contribution in [0.3, 0.4) is 0 Å². The average Bonchev–Trinajstić information content (AvgIpc) is 2.06. The summed E-state index contributed by atoms with van der Waals surface area (Å²) in [5, 5.41) is 0. The van der Waals surface area contributed by atoms with Gasteiger partial charge in [0.05, 0.1) is 0 Å². The summed E-state index contributed by atoms with van der Waals surface area (Å²) in [5.74, 6) is 0.615. The summed E-state index contributed by atoms with van der Waals surface area (Å²) in [4.78, 5) is 10.3. The first kappa shape index (κ1) is 8.08. The highest BCUT2D eigenvalue weighted by Crippen LogP contribution is 2.11. The van der Waals surface area contributed by atoms with E-state index < -0.39 is 0 Å². The second-order valence-corrected chi connectivity index (χ2v) is 2.16. The summed E-state index contributed by atoms with van der Waals surface area (Å²) in [7, 11) is 0. The number of ether oxygens (including phenoxy) is 1. The van der Waals surface area contributed by atoms with E-state index in [0.29, 0.717) is 11.3 Å². The van der Waals surface area contributed by atoms with E-state index in [0.717, 1.165) is 6.29 Å². The highest BCUT2D eigenvalue weighted by Gasteiger charge is 1.93. The fourth-order valence-electron chi connectivity index (χ4n) is 0.741. The summed E-state index contributed by atoms with van der Waals surface area (Å²) in [6.07, 6.45) is 0.765. The van der Waals surface area contributed by atoms with Gasteiger partial charge in [-0.25, -0.2) is 0 Å². The van der Waals surface area contributed by atoms with Gasteiger partial charge in [0.25, 0.3) is 0 Å². The summed E-state index contributed by atoms with van der Waals surface area (Å²) in [5.41, 5.74) is 0.590. The fourth-order valence-corrected chi connectivity index (χ4v) is 0.867. The van der Waals surface area contributed by atoms with Gasteiger partial charge in [0.2, 0.25) is 0 Å². The maximum atomic E-state index is 10.3. The van der Waals surface area contributed by atoms with Crippen LogP contribution in [0.25, 0.3) is 0 Å². The largest absolute Gasteiger partial charge is 0.478 e. The summed E-state index contributed by atoms with van der Waals surface area (Å²) in [6.45, 7) is 0. The molecule has 0 heterocycles. The van der Waals surface area contributed by atoms with Gasteiger partial charge in [-0.05, 0) is 12.1 Å². The van der Waals surface area contributed by atoms with Crippen molar-refractivity contribution in [1.82, 2.24) is 0 Å². The molecule has 0 amide bonds. The molecule has 0 unspecified atom stereocenters. The van der Waals surface area contributed by atoms with Crippen molar-refractivity contribution in [3.8, 4) is 5.75 Å². The second-order valence-electron chi connectivity index (χ2n) is 1.94. The quantitative estimate of drug-likeness (QED) is 0.513. The van der Waals surface area contributed by atoms with Crippen LogP contribution in [0, 0.1) is 0 Å². The minimum absolute atomic E-state index is 0.0995. The standard InChI is InChI=1S/C8H7ClO2/c9-6-11-8-3-1-2-7(4-8)5-10/h1-5H,6H2. The molecule has 0 saturated heterocycles. The number of carbonyl (C=O) groups excluding carboxylic acids is 1. The van der Waals surface area contributed by atoms with Crippen molar-refractivity contribution < 1.29 is 9.53 Å². The molecule has 0 radical (unpaired) electrons. The van der Waals surface area contributed by atoms with Gasteiger partial charge < -0.3 is 4.74 Å². The number of hydrogen-bond donors (Lipinski definition) is 0. The van der Waals surface area contributed by atoms with E-state index in [1.807, 2.05) is 0 Å². The Balaban J connectivity index is 2.82. The lowest BCUT2D eigenvalue weighted by atomic mass is 10.2. The molecule has 0 saturated carbocycles. The molecule has 0 bridgehead atoms. The Hall–Kier alpha value is -1.02. The van der Waals surface area contributed by atoms with Gasteiger partial charge in [0.15, 0.2) is 6.07 Å². The van der Waals surface area contributed by atoms with Crippen molar-refractivity contribution in [2.75, 3.05) is 6.07 Å². The van der Waals surface area contributed by atoms with Gasteiger partial charge in [0, 0.05) is 5.56 Å². The van der Waals surface area contributed by atoms with Crippen LogP contribution in [0.5, 0.6) is 5.75 Å². The van der Waals surface area contributed by atoms with E-state index in [1.54, 1.807) is 24.3 Å². The van der Waals surface area contributed by atoms with E-state index in [4.69, 9.17) is 16.3 Å². The predicted molar refractivity (Wildman–Crippen MR) is 43.2 cm³/mol. The Labute approximate surface area is 69.7 Å². The zero-order valence-corrected chi connectivity index (χ0v) is 6.54. The second kappa shape index (κ2) is 3.98. The highest BCUT2D eigenvalue weighted by atomic mass is 35.5. The molecular formula is C8H7ClO2. The van der Waals surface area contributed by atoms with Crippen molar-refractivity contribution in [1.29, 1.82) is 0 Å². The van der Waals surface area contributed by atoms with Crippen LogP contribution in [0.1, 0.15) is 10.4 Å². The summed E-state index contributed by atoms with van der Waals surface area (Å²) >= 11 is 5.32. The third-order valence-electron chi connectivity index (χ3n) is 1.22. The molecule has 0 aliphatic heterocycles. The zero-order valence-electron chi connectivity index (χ0n) is 5.79. The Morgan fingerprint density at radius 2 is 2.36 bits per heavy atom. The number of hydrogen-bond acceptors (Lipinski definition) is 2. The minimum atomic E-state index is 0.0995. The molecule has 0 aromatic heterocycles. The molecule has 11 heavy (non-hydrogen) atoms. The van der Waals surface area contributed by atoms with E-state index in [9.17, 15) is 4.79 Å². The smallest absolute Gasteiger partial charge is 0.162 e. The molecule has 1 rings (SSSR count). The zero-order chi connectivity index (χ0) is 8.10. The molecule has 0 fully saturated rings. The molecular weight excluding hydrogens is 164 g/mol. The lowest BCUT2D eigenvalue weighted by molar-refractivity contribution is 0.112. The van der Waals surface area contributed by atoms with Gasteiger partial charge in [-0.3, -0.25) is 4.79 Å². The van der Waals surface area contributed by atoms with Crippen LogP contribution in [0.15, 0.2) is 24.3 Å². The van der Waals surface area contributed by atoms with Crippen LogP contribution in [-0.2, 0) is 0 Å². The van der Waals surface area contributed by atoms with Crippen LogP contribution >= 0.6 is 11.6 Å². The number of halogens is 1. The maximum Gasteiger partial charge on any atom is 0.162 e. The first-order valence-electron chi connectivity index (χ1n) is 3.11. The topological polar surface area (TPSA) is 26.3 Å². The Kier molecular flexibility index (Phi) is 2.93. The fraction of sp³-hybridized carbons (Fsp3) is 0.125. The first-order chi connectivity index (χ1) is 5.36. The Bertz CT molecular complexity index is 248. The van der Waals surface area contributed by atoms with Crippen molar-refractivity contribution in [3.05, 3.63) is 29.8 Å². The van der Waals surface area contributed by atoms with E-state index >= 15 is 0 Å². The molecule has 0 aliphatic carbocycles. The number of benzene rings is 1. The third kappa shape index (κ3) is 2.24. The predicted octanol–water partition coefficient (Wildman–Crippen LogP) is 2.07. The normalized spacial score (nSPS) is 9.18. The number of alkyl halides is 1. The molecule has 0 atom stereocenters. The van der Waals surface area contributed by atoms with Gasteiger partial charge in [-0.15, -0.1) is 0 Å². The lowest BCUT2D eigenvalue weighted by Crippen LogP contribution is -1.89. The van der Waals surface area contributed by atoms with Crippen LogP contribution in [0.2, 0.25) is 0 Å². The maximum absolute atomic E-state index is 10.3. The Morgan fingerprint density at radius 1 is 1.55 bits per heavy atom.